The second-order valence-corrected chi connectivity index (χ2v) is 6.38. The summed E-state index contributed by atoms with van der Waals surface area (Å²) in [5.74, 6) is 0.0475. The Labute approximate surface area is 129 Å². The van der Waals surface area contributed by atoms with Crippen LogP contribution < -0.4 is 5.32 Å². The lowest BCUT2D eigenvalue weighted by Gasteiger charge is -2.26. The predicted molar refractivity (Wildman–Crippen MR) is 83.5 cm³/mol. The number of hydrogen-bond acceptors (Lipinski definition) is 4. The molecule has 4 nitrogen and oxygen atoms in total. The number of carbonyl (C=O) groups is 1. The third kappa shape index (κ3) is 5.69. The maximum atomic E-state index is 11.3. The Balaban J connectivity index is 2.37. The summed E-state index contributed by atoms with van der Waals surface area (Å²) in [5, 5.41) is 14.0. The molecule has 20 heavy (non-hydrogen) atoms. The van der Waals surface area contributed by atoms with Gasteiger partial charge in [-0.05, 0) is 50.6 Å². The lowest BCUT2D eigenvalue weighted by molar-refractivity contribution is -0.144. The van der Waals surface area contributed by atoms with Crippen molar-refractivity contribution in [3.8, 4) is 0 Å². The first kappa shape index (κ1) is 17.3. The van der Waals surface area contributed by atoms with Gasteiger partial charge in [-0.25, -0.2) is 4.98 Å². The summed E-state index contributed by atoms with van der Waals surface area (Å²) in [6.45, 7) is 4.49. The number of halogens is 1. The number of carboxylic acids is 1. The van der Waals surface area contributed by atoms with Crippen LogP contribution >= 0.6 is 23.4 Å². The van der Waals surface area contributed by atoms with Crippen molar-refractivity contribution in [2.24, 2.45) is 0 Å². The standard InChI is InChI=1S/C14H21ClN2O2S/c1-3-8-17-14(2,13(18)19)7-4-9-20-12-6-5-11(15)10-16-12/h5-6,10,17H,3-4,7-9H2,1-2H3,(H,18,19). The monoisotopic (exact) mass is 316 g/mol. The molecule has 0 amide bonds. The van der Waals surface area contributed by atoms with Crippen molar-refractivity contribution in [3.05, 3.63) is 23.4 Å². The Morgan fingerprint density at radius 2 is 2.30 bits per heavy atom. The first-order chi connectivity index (χ1) is 9.48. The van der Waals surface area contributed by atoms with E-state index >= 15 is 0 Å². The summed E-state index contributed by atoms with van der Waals surface area (Å²) < 4.78 is 0. The maximum absolute atomic E-state index is 11.3. The SMILES string of the molecule is CCCNC(C)(CCCSc1ccc(Cl)cn1)C(=O)O. The first-order valence-electron chi connectivity index (χ1n) is 6.70. The minimum Gasteiger partial charge on any atom is -0.480 e. The molecule has 0 aromatic carbocycles. The zero-order valence-corrected chi connectivity index (χ0v) is 13.4. The topological polar surface area (TPSA) is 62.2 Å². The molecule has 0 aliphatic carbocycles. The number of aliphatic carboxylic acids is 1. The van der Waals surface area contributed by atoms with Gasteiger partial charge in [0.15, 0.2) is 0 Å². The summed E-state index contributed by atoms with van der Waals surface area (Å²) in [4.78, 5) is 15.5. The molecule has 1 aromatic rings. The van der Waals surface area contributed by atoms with Gasteiger partial charge in [0.05, 0.1) is 10.0 Å². The molecule has 2 N–H and O–H groups in total. The molecule has 1 atom stereocenters. The molecule has 1 unspecified atom stereocenters. The van der Waals surface area contributed by atoms with Crippen LogP contribution in [0.5, 0.6) is 0 Å². The van der Waals surface area contributed by atoms with Crippen molar-refractivity contribution in [3.63, 3.8) is 0 Å². The Hall–Kier alpha value is -0.780. The van der Waals surface area contributed by atoms with Crippen molar-refractivity contribution in [2.45, 2.75) is 43.7 Å². The fourth-order valence-electron chi connectivity index (χ4n) is 1.72. The van der Waals surface area contributed by atoms with Crippen LogP contribution in [0.3, 0.4) is 0 Å². The highest BCUT2D eigenvalue weighted by atomic mass is 35.5. The molecule has 0 fully saturated rings. The highest BCUT2D eigenvalue weighted by molar-refractivity contribution is 7.99. The van der Waals surface area contributed by atoms with Gasteiger partial charge in [-0.3, -0.25) is 4.79 Å². The number of nitrogens with one attached hydrogen (secondary N) is 1. The molecule has 0 saturated heterocycles. The van der Waals surface area contributed by atoms with Crippen molar-refractivity contribution in [1.29, 1.82) is 0 Å². The smallest absolute Gasteiger partial charge is 0.323 e. The average Bonchev–Trinajstić information content (AvgIpc) is 2.43. The van der Waals surface area contributed by atoms with Gasteiger partial charge in [-0.15, -0.1) is 11.8 Å². The number of thioether (sulfide) groups is 1. The van der Waals surface area contributed by atoms with E-state index in [1.54, 1.807) is 30.9 Å². The van der Waals surface area contributed by atoms with Crippen molar-refractivity contribution >= 4 is 29.3 Å². The van der Waals surface area contributed by atoms with Gasteiger partial charge in [0.2, 0.25) is 0 Å². The first-order valence-corrected chi connectivity index (χ1v) is 8.07. The Morgan fingerprint density at radius 3 is 2.85 bits per heavy atom. The van der Waals surface area contributed by atoms with Gasteiger partial charge in [0.1, 0.15) is 5.54 Å². The predicted octanol–water partition coefficient (Wildman–Crippen LogP) is 3.45. The molecule has 6 heteroatoms. The van der Waals surface area contributed by atoms with Crippen LogP contribution in [-0.2, 0) is 4.79 Å². The second kappa shape index (κ2) is 8.49. The molecule has 0 aliphatic rings. The summed E-state index contributed by atoms with van der Waals surface area (Å²) in [5.41, 5.74) is -0.843. The highest BCUT2D eigenvalue weighted by Crippen LogP contribution is 2.21. The third-order valence-electron chi connectivity index (χ3n) is 3.01. The van der Waals surface area contributed by atoms with Crippen LogP contribution in [0.2, 0.25) is 5.02 Å². The van der Waals surface area contributed by atoms with Crippen LogP contribution in [0.15, 0.2) is 23.4 Å². The molecule has 0 radical (unpaired) electrons. The molecule has 0 spiro atoms. The van der Waals surface area contributed by atoms with E-state index in [9.17, 15) is 9.90 Å². The van der Waals surface area contributed by atoms with Gasteiger partial charge >= 0.3 is 5.97 Å². The number of rotatable bonds is 9. The molecule has 112 valence electrons. The zero-order chi connectivity index (χ0) is 15.0. The fraction of sp³-hybridized carbons (Fsp3) is 0.571. The average molecular weight is 317 g/mol. The Morgan fingerprint density at radius 1 is 1.55 bits per heavy atom. The second-order valence-electron chi connectivity index (χ2n) is 4.83. The van der Waals surface area contributed by atoms with Gasteiger partial charge in [0.25, 0.3) is 0 Å². The van der Waals surface area contributed by atoms with E-state index in [1.165, 1.54) is 0 Å². The molecule has 1 heterocycles. The normalized spacial score (nSPS) is 13.9. The Kier molecular flexibility index (Phi) is 7.34. The van der Waals surface area contributed by atoms with Crippen LogP contribution in [0.1, 0.15) is 33.1 Å². The lowest BCUT2D eigenvalue weighted by atomic mass is 9.96. The van der Waals surface area contributed by atoms with Crippen LogP contribution in [0.25, 0.3) is 0 Å². The number of aromatic nitrogens is 1. The van der Waals surface area contributed by atoms with E-state index in [0.29, 0.717) is 18.0 Å². The Bertz CT molecular complexity index is 428. The summed E-state index contributed by atoms with van der Waals surface area (Å²) in [6, 6.07) is 3.68. The molecular formula is C14H21ClN2O2S. The molecular weight excluding hydrogens is 296 g/mol. The number of nitrogens with zero attached hydrogens (tertiary/aromatic N) is 1. The zero-order valence-electron chi connectivity index (χ0n) is 11.9. The van der Waals surface area contributed by atoms with E-state index in [1.807, 2.05) is 13.0 Å². The number of carboxylic acid groups (broad SMARTS) is 1. The van der Waals surface area contributed by atoms with Gasteiger partial charge in [0, 0.05) is 6.20 Å². The molecule has 0 bridgehead atoms. The van der Waals surface area contributed by atoms with Crippen LogP contribution in [0, 0.1) is 0 Å². The van der Waals surface area contributed by atoms with Crippen LogP contribution in [-0.4, -0.2) is 33.9 Å². The summed E-state index contributed by atoms with van der Waals surface area (Å²) >= 11 is 7.39. The molecule has 1 rings (SSSR count). The number of pyridine rings is 1. The molecule has 0 saturated carbocycles. The quantitative estimate of drug-likeness (QED) is 0.539. The van der Waals surface area contributed by atoms with Crippen LogP contribution in [0.4, 0.5) is 0 Å². The van der Waals surface area contributed by atoms with E-state index in [4.69, 9.17) is 11.6 Å². The minimum absolute atomic E-state index is 0.600. The van der Waals surface area contributed by atoms with E-state index < -0.39 is 11.5 Å². The van der Waals surface area contributed by atoms with Crippen molar-refractivity contribution < 1.29 is 9.90 Å². The maximum Gasteiger partial charge on any atom is 0.323 e. The van der Waals surface area contributed by atoms with E-state index in [0.717, 1.165) is 23.6 Å². The number of hydrogen-bond donors (Lipinski definition) is 2. The summed E-state index contributed by atoms with van der Waals surface area (Å²) in [7, 11) is 0. The lowest BCUT2D eigenvalue weighted by Crippen LogP contribution is -2.49. The largest absolute Gasteiger partial charge is 0.480 e. The fourth-order valence-corrected chi connectivity index (χ4v) is 2.62. The minimum atomic E-state index is -0.843. The van der Waals surface area contributed by atoms with E-state index in [-0.39, 0.29) is 0 Å². The van der Waals surface area contributed by atoms with Crippen molar-refractivity contribution in [2.75, 3.05) is 12.3 Å². The van der Waals surface area contributed by atoms with Gasteiger partial charge in [-0.1, -0.05) is 18.5 Å². The molecule has 0 aliphatic heterocycles. The summed E-state index contributed by atoms with van der Waals surface area (Å²) in [6.07, 6.45) is 3.96. The highest BCUT2D eigenvalue weighted by Gasteiger charge is 2.31. The van der Waals surface area contributed by atoms with Crippen molar-refractivity contribution in [1.82, 2.24) is 10.3 Å². The van der Waals surface area contributed by atoms with Gasteiger partial charge in [-0.2, -0.15) is 0 Å². The third-order valence-corrected chi connectivity index (χ3v) is 4.26. The van der Waals surface area contributed by atoms with E-state index in [2.05, 4.69) is 10.3 Å². The van der Waals surface area contributed by atoms with Gasteiger partial charge < -0.3 is 10.4 Å². The molecule has 1 aromatic heterocycles.